The number of urea groups is 1. The number of rotatable bonds is 8. The van der Waals surface area contributed by atoms with Crippen LogP contribution in [0.25, 0.3) is 0 Å². The number of hydrogen-bond donors (Lipinski definition) is 2. The molecule has 0 aliphatic carbocycles. The smallest absolute Gasteiger partial charge is 0.338 e. The van der Waals surface area contributed by atoms with Crippen LogP contribution in [0.2, 0.25) is 5.02 Å². The summed E-state index contributed by atoms with van der Waals surface area (Å²) < 4.78 is 10.9. The molecule has 0 fully saturated rings. The SMILES string of the molecule is COc1cccc(COC(=O)C2=C(CCc3cccc(Cl)c3)NC(=O)NC2c2ccccc2)c1. The summed E-state index contributed by atoms with van der Waals surface area (Å²) in [5, 5.41) is 6.33. The molecule has 7 heteroatoms. The lowest BCUT2D eigenvalue weighted by atomic mass is 9.93. The van der Waals surface area contributed by atoms with Crippen molar-refractivity contribution in [3.8, 4) is 5.75 Å². The molecular weight excluding hydrogens is 452 g/mol. The molecule has 1 atom stereocenters. The van der Waals surface area contributed by atoms with E-state index in [1.165, 1.54) is 0 Å². The summed E-state index contributed by atoms with van der Waals surface area (Å²) in [5.41, 5.74) is 3.53. The van der Waals surface area contributed by atoms with Crippen molar-refractivity contribution in [2.75, 3.05) is 7.11 Å². The van der Waals surface area contributed by atoms with Crippen molar-refractivity contribution in [1.82, 2.24) is 10.6 Å². The van der Waals surface area contributed by atoms with E-state index in [2.05, 4.69) is 10.6 Å². The second kappa shape index (κ2) is 10.9. The van der Waals surface area contributed by atoms with Crippen LogP contribution in [0.4, 0.5) is 4.79 Å². The largest absolute Gasteiger partial charge is 0.497 e. The van der Waals surface area contributed by atoms with E-state index in [9.17, 15) is 9.59 Å². The molecular formula is C27H25ClN2O4. The van der Waals surface area contributed by atoms with Gasteiger partial charge in [-0.15, -0.1) is 0 Å². The van der Waals surface area contributed by atoms with Gasteiger partial charge in [0.25, 0.3) is 0 Å². The van der Waals surface area contributed by atoms with E-state index in [0.29, 0.717) is 34.9 Å². The average molecular weight is 477 g/mol. The maximum absolute atomic E-state index is 13.4. The maximum Gasteiger partial charge on any atom is 0.338 e. The molecule has 1 heterocycles. The number of ether oxygens (including phenoxy) is 2. The Bertz CT molecular complexity index is 1210. The molecule has 1 unspecified atom stereocenters. The number of hydrogen-bond acceptors (Lipinski definition) is 4. The molecule has 0 radical (unpaired) electrons. The number of carbonyl (C=O) groups is 2. The first-order valence-corrected chi connectivity index (χ1v) is 11.3. The van der Waals surface area contributed by atoms with Crippen LogP contribution in [0.3, 0.4) is 0 Å². The van der Waals surface area contributed by atoms with E-state index >= 15 is 0 Å². The first kappa shape index (κ1) is 23.4. The van der Waals surface area contributed by atoms with Crippen molar-refractivity contribution in [2.24, 2.45) is 0 Å². The molecule has 3 aromatic rings. The molecule has 3 aromatic carbocycles. The van der Waals surface area contributed by atoms with Gasteiger partial charge in [-0.25, -0.2) is 9.59 Å². The number of amides is 2. The standard InChI is InChI=1S/C27H25ClN2O4/c1-33-22-12-6-8-19(16-22)17-34-26(31)24-23(14-13-18-7-5-11-21(28)15-18)29-27(32)30-25(24)20-9-3-2-4-10-20/h2-12,15-16,25H,13-14,17H2,1H3,(H2,29,30,32). The zero-order chi connectivity index (χ0) is 23.9. The van der Waals surface area contributed by atoms with E-state index in [-0.39, 0.29) is 12.6 Å². The van der Waals surface area contributed by atoms with Crippen LogP contribution in [0.5, 0.6) is 5.75 Å². The third-order valence-electron chi connectivity index (χ3n) is 5.56. The number of halogens is 1. The number of methoxy groups -OCH3 is 1. The summed E-state index contributed by atoms with van der Waals surface area (Å²) >= 11 is 6.12. The zero-order valence-corrected chi connectivity index (χ0v) is 19.5. The molecule has 2 N–H and O–H groups in total. The summed E-state index contributed by atoms with van der Waals surface area (Å²) in [7, 11) is 1.59. The summed E-state index contributed by atoms with van der Waals surface area (Å²) in [4.78, 5) is 25.9. The van der Waals surface area contributed by atoms with E-state index in [4.69, 9.17) is 21.1 Å². The zero-order valence-electron chi connectivity index (χ0n) is 18.7. The minimum atomic E-state index is -0.623. The van der Waals surface area contributed by atoms with Crippen LogP contribution >= 0.6 is 11.6 Å². The minimum Gasteiger partial charge on any atom is -0.497 e. The topological polar surface area (TPSA) is 76.7 Å². The van der Waals surface area contributed by atoms with Gasteiger partial charge in [-0.3, -0.25) is 0 Å². The molecule has 0 bridgehead atoms. The van der Waals surface area contributed by atoms with Crippen molar-refractivity contribution in [3.63, 3.8) is 0 Å². The van der Waals surface area contributed by atoms with Crippen molar-refractivity contribution in [2.45, 2.75) is 25.5 Å². The highest BCUT2D eigenvalue weighted by Gasteiger charge is 2.33. The lowest BCUT2D eigenvalue weighted by Gasteiger charge is -2.29. The number of aryl methyl sites for hydroxylation is 1. The summed E-state index contributed by atoms with van der Waals surface area (Å²) in [6.45, 7) is 0.0799. The van der Waals surface area contributed by atoms with Gasteiger partial charge < -0.3 is 20.1 Å². The Morgan fingerprint density at radius 1 is 0.941 bits per heavy atom. The van der Waals surface area contributed by atoms with E-state index in [1.807, 2.05) is 78.9 Å². The fourth-order valence-electron chi connectivity index (χ4n) is 3.90. The summed E-state index contributed by atoms with van der Waals surface area (Å²) in [6, 6.07) is 23.3. The molecule has 0 saturated carbocycles. The van der Waals surface area contributed by atoms with Gasteiger partial charge in [0, 0.05) is 10.7 Å². The summed E-state index contributed by atoms with van der Waals surface area (Å²) in [5.74, 6) is 0.189. The Kier molecular flexibility index (Phi) is 7.50. The van der Waals surface area contributed by atoms with E-state index in [1.54, 1.807) is 7.11 Å². The van der Waals surface area contributed by atoms with Gasteiger partial charge in [0.05, 0.1) is 18.7 Å². The highest BCUT2D eigenvalue weighted by Crippen LogP contribution is 2.30. The molecule has 4 rings (SSSR count). The molecule has 34 heavy (non-hydrogen) atoms. The number of nitrogens with one attached hydrogen (secondary N) is 2. The fourth-order valence-corrected chi connectivity index (χ4v) is 4.12. The Morgan fingerprint density at radius 3 is 2.47 bits per heavy atom. The number of esters is 1. The quantitative estimate of drug-likeness (QED) is 0.431. The van der Waals surface area contributed by atoms with Crippen LogP contribution < -0.4 is 15.4 Å². The highest BCUT2D eigenvalue weighted by molar-refractivity contribution is 6.30. The molecule has 1 aliphatic heterocycles. The monoisotopic (exact) mass is 476 g/mol. The molecule has 0 saturated heterocycles. The van der Waals surface area contributed by atoms with E-state index < -0.39 is 12.0 Å². The van der Waals surface area contributed by atoms with Crippen LogP contribution in [-0.2, 0) is 22.6 Å². The third-order valence-corrected chi connectivity index (χ3v) is 5.80. The Balaban J connectivity index is 1.63. The maximum atomic E-state index is 13.4. The minimum absolute atomic E-state index is 0.0799. The van der Waals surface area contributed by atoms with Crippen molar-refractivity contribution >= 4 is 23.6 Å². The van der Waals surface area contributed by atoms with Gasteiger partial charge in [-0.2, -0.15) is 0 Å². The second-order valence-corrected chi connectivity index (χ2v) is 8.33. The molecule has 174 valence electrons. The van der Waals surface area contributed by atoms with Crippen LogP contribution in [0, 0.1) is 0 Å². The number of carbonyl (C=O) groups excluding carboxylic acids is 2. The Labute approximate surface area is 203 Å². The molecule has 6 nitrogen and oxygen atoms in total. The second-order valence-electron chi connectivity index (χ2n) is 7.89. The lowest BCUT2D eigenvalue weighted by Crippen LogP contribution is -2.46. The van der Waals surface area contributed by atoms with E-state index in [0.717, 1.165) is 16.7 Å². The van der Waals surface area contributed by atoms with Crippen molar-refractivity contribution in [3.05, 3.63) is 112 Å². The number of benzene rings is 3. The first-order chi connectivity index (χ1) is 16.5. The van der Waals surface area contributed by atoms with Gasteiger partial charge in [0.2, 0.25) is 0 Å². The predicted octanol–water partition coefficient (Wildman–Crippen LogP) is 5.33. The Morgan fingerprint density at radius 2 is 1.71 bits per heavy atom. The Hall–Kier alpha value is -3.77. The van der Waals surface area contributed by atoms with Gasteiger partial charge in [0.1, 0.15) is 12.4 Å². The fraction of sp³-hybridized carbons (Fsp3) is 0.185. The normalized spacial score (nSPS) is 15.4. The van der Waals surface area contributed by atoms with Crippen molar-refractivity contribution < 1.29 is 19.1 Å². The van der Waals surface area contributed by atoms with Crippen molar-refractivity contribution in [1.29, 1.82) is 0 Å². The average Bonchev–Trinajstić information content (AvgIpc) is 2.86. The lowest BCUT2D eigenvalue weighted by molar-refractivity contribution is -0.140. The van der Waals surface area contributed by atoms with Crippen LogP contribution in [-0.4, -0.2) is 19.1 Å². The van der Waals surface area contributed by atoms with Gasteiger partial charge >= 0.3 is 12.0 Å². The predicted molar refractivity (Wildman–Crippen MR) is 130 cm³/mol. The molecule has 0 aromatic heterocycles. The number of allylic oxidation sites excluding steroid dienone is 1. The molecule has 1 aliphatic rings. The van der Waals surface area contributed by atoms with Crippen LogP contribution in [0.15, 0.2) is 90.1 Å². The molecule has 0 spiro atoms. The third kappa shape index (κ3) is 5.77. The first-order valence-electron chi connectivity index (χ1n) is 10.9. The van der Waals surface area contributed by atoms with Gasteiger partial charge in [0.15, 0.2) is 0 Å². The highest BCUT2D eigenvalue weighted by atomic mass is 35.5. The van der Waals surface area contributed by atoms with Gasteiger partial charge in [-0.05, 0) is 53.8 Å². The summed E-state index contributed by atoms with van der Waals surface area (Å²) in [6.07, 6.45) is 1.05. The van der Waals surface area contributed by atoms with Crippen LogP contribution in [0.1, 0.15) is 29.2 Å². The molecule has 2 amide bonds. The van der Waals surface area contributed by atoms with Gasteiger partial charge in [-0.1, -0.05) is 66.2 Å².